The SMILES string of the molecule is Cc1nc2ccc(N(C)Cc3ccc(N)cc3)cc2[nH]1. The number of nitrogen functional groups attached to an aromatic ring is 1. The van der Waals surface area contributed by atoms with E-state index < -0.39 is 0 Å². The average molecular weight is 266 g/mol. The summed E-state index contributed by atoms with van der Waals surface area (Å²) in [6.45, 7) is 2.82. The number of H-pyrrole nitrogens is 1. The topological polar surface area (TPSA) is 57.9 Å². The third kappa shape index (κ3) is 2.45. The first kappa shape index (κ1) is 12.5. The van der Waals surface area contributed by atoms with E-state index >= 15 is 0 Å². The molecule has 0 radical (unpaired) electrons. The Morgan fingerprint density at radius 1 is 1.15 bits per heavy atom. The molecule has 1 heterocycles. The van der Waals surface area contributed by atoms with E-state index in [4.69, 9.17) is 5.73 Å². The molecule has 2 aromatic carbocycles. The molecular weight excluding hydrogens is 248 g/mol. The Bertz CT molecular complexity index is 728. The summed E-state index contributed by atoms with van der Waals surface area (Å²) < 4.78 is 0. The molecule has 0 saturated carbocycles. The van der Waals surface area contributed by atoms with Gasteiger partial charge < -0.3 is 15.6 Å². The first-order chi connectivity index (χ1) is 9.61. The van der Waals surface area contributed by atoms with Crippen LogP contribution in [0.1, 0.15) is 11.4 Å². The van der Waals surface area contributed by atoms with Crippen molar-refractivity contribution in [3.05, 3.63) is 53.9 Å². The molecule has 102 valence electrons. The molecule has 0 atom stereocenters. The number of nitrogens with two attached hydrogens (primary N) is 1. The van der Waals surface area contributed by atoms with Crippen molar-refractivity contribution in [1.29, 1.82) is 0 Å². The van der Waals surface area contributed by atoms with Crippen molar-refractivity contribution in [2.24, 2.45) is 0 Å². The molecule has 3 rings (SSSR count). The minimum Gasteiger partial charge on any atom is -0.399 e. The third-order valence-electron chi connectivity index (χ3n) is 3.42. The van der Waals surface area contributed by atoms with Crippen molar-refractivity contribution in [1.82, 2.24) is 9.97 Å². The highest BCUT2D eigenvalue weighted by Crippen LogP contribution is 2.21. The highest BCUT2D eigenvalue weighted by atomic mass is 15.1. The predicted octanol–water partition coefficient (Wildman–Crippen LogP) is 3.09. The molecule has 0 fully saturated rings. The zero-order chi connectivity index (χ0) is 14.1. The lowest BCUT2D eigenvalue weighted by atomic mass is 10.2. The summed E-state index contributed by atoms with van der Waals surface area (Å²) in [5.41, 5.74) is 11.0. The van der Waals surface area contributed by atoms with Gasteiger partial charge in [0, 0.05) is 25.0 Å². The minimum absolute atomic E-state index is 0.797. The van der Waals surface area contributed by atoms with Gasteiger partial charge in [-0.3, -0.25) is 0 Å². The van der Waals surface area contributed by atoms with Gasteiger partial charge in [-0.05, 0) is 42.8 Å². The van der Waals surface area contributed by atoms with Gasteiger partial charge in [-0.1, -0.05) is 12.1 Å². The van der Waals surface area contributed by atoms with E-state index in [-0.39, 0.29) is 0 Å². The van der Waals surface area contributed by atoms with Gasteiger partial charge in [-0.15, -0.1) is 0 Å². The van der Waals surface area contributed by atoms with Gasteiger partial charge in [-0.25, -0.2) is 4.98 Å². The number of hydrogen-bond donors (Lipinski definition) is 2. The van der Waals surface area contributed by atoms with Crippen LogP contribution in [0, 0.1) is 6.92 Å². The van der Waals surface area contributed by atoms with E-state index in [1.54, 1.807) is 0 Å². The smallest absolute Gasteiger partial charge is 0.104 e. The summed E-state index contributed by atoms with van der Waals surface area (Å²) in [7, 11) is 2.08. The Hall–Kier alpha value is -2.49. The van der Waals surface area contributed by atoms with E-state index in [1.807, 2.05) is 25.1 Å². The highest BCUT2D eigenvalue weighted by Gasteiger charge is 2.05. The third-order valence-corrected chi connectivity index (χ3v) is 3.42. The van der Waals surface area contributed by atoms with Gasteiger partial charge in [0.1, 0.15) is 5.82 Å². The van der Waals surface area contributed by atoms with Gasteiger partial charge in [0.25, 0.3) is 0 Å². The molecule has 0 aliphatic rings. The second-order valence-electron chi connectivity index (χ2n) is 5.12. The number of nitrogens with one attached hydrogen (secondary N) is 1. The molecule has 3 aromatic rings. The molecule has 0 unspecified atom stereocenters. The van der Waals surface area contributed by atoms with Gasteiger partial charge in [0.05, 0.1) is 11.0 Å². The Morgan fingerprint density at radius 3 is 2.65 bits per heavy atom. The van der Waals surface area contributed by atoms with Crippen LogP contribution in [0.25, 0.3) is 11.0 Å². The van der Waals surface area contributed by atoms with Crippen LogP contribution in [0.4, 0.5) is 11.4 Å². The maximum Gasteiger partial charge on any atom is 0.104 e. The normalized spacial score (nSPS) is 10.9. The number of aromatic nitrogens is 2. The van der Waals surface area contributed by atoms with E-state index in [1.165, 1.54) is 5.56 Å². The van der Waals surface area contributed by atoms with Crippen molar-refractivity contribution in [3.8, 4) is 0 Å². The lowest BCUT2D eigenvalue weighted by molar-refractivity contribution is 0.924. The summed E-state index contributed by atoms with van der Waals surface area (Å²) in [4.78, 5) is 9.90. The van der Waals surface area contributed by atoms with Crippen LogP contribution in [-0.4, -0.2) is 17.0 Å². The first-order valence-corrected chi connectivity index (χ1v) is 6.64. The van der Waals surface area contributed by atoms with Crippen LogP contribution in [0.2, 0.25) is 0 Å². The van der Waals surface area contributed by atoms with Crippen LogP contribution in [0.5, 0.6) is 0 Å². The number of aromatic amines is 1. The van der Waals surface area contributed by atoms with Crippen LogP contribution >= 0.6 is 0 Å². The van der Waals surface area contributed by atoms with Crippen molar-refractivity contribution in [3.63, 3.8) is 0 Å². The molecule has 0 spiro atoms. The molecule has 20 heavy (non-hydrogen) atoms. The first-order valence-electron chi connectivity index (χ1n) is 6.64. The fraction of sp³-hybridized carbons (Fsp3) is 0.188. The Morgan fingerprint density at radius 2 is 1.90 bits per heavy atom. The number of anilines is 2. The number of nitrogens with zero attached hydrogens (tertiary/aromatic N) is 2. The quantitative estimate of drug-likeness (QED) is 0.716. The van der Waals surface area contributed by atoms with Crippen LogP contribution in [0.3, 0.4) is 0 Å². The molecule has 0 saturated heterocycles. The summed E-state index contributed by atoms with van der Waals surface area (Å²) in [6.07, 6.45) is 0. The number of fused-ring (bicyclic) bond motifs is 1. The molecule has 3 N–H and O–H groups in total. The molecular formula is C16H18N4. The largest absolute Gasteiger partial charge is 0.399 e. The zero-order valence-electron chi connectivity index (χ0n) is 11.7. The average Bonchev–Trinajstić information content (AvgIpc) is 2.80. The fourth-order valence-corrected chi connectivity index (χ4v) is 2.35. The van der Waals surface area contributed by atoms with Gasteiger partial charge >= 0.3 is 0 Å². The summed E-state index contributed by atoms with van der Waals surface area (Å²) >= 11 is 0. The van der Waals surface area contributed by atoms with Gasteiger partial charge in [0.2, 0.25) is 0 Å². The molecule has 0 bridgehead atoms. The van der Waals surface area contributed by atoms with E-state index in [0.29, 0.717) is 0 Å². The summed E-state index contributed by atoms with van der Waals surface area (Å²) in [5.74, 6) is 0.943. The predicted molar refractivity (Wildman–Crippen MR) is 83.8 cm³/mol. The summed E-state index contributed by atoms with van der Waals surface area (Å²) in [6, 6.07) is 14.3. The van der Waals surface area contributed by atoms with Crippen molar-refractivity contribution >= 4 is 22.4 Å². The zero-order valence-corrected chi connectivity index (χ0v) is 11.7. The van der Waals surface area contributed by atoms with Crippen molar-refractivity contribution < 1.29 is 0 Å². The highest BCUT2D eigenvalue weighted by molar-refractivity contribution is 5.79. The lowest BCUT2D eigenvalue weighted by Crippen LogP contribution is -2.16. The number of rotatable bonds is 3. The summed E-state index contributed by atoms with van der Waals surface area (Å²) in [5, 5.41) is 0. The molecule has 4 heteroatoms. The Balaban J connectivity index is 1.84. The minimum atomic E-state index is 0.797. The molecule has 1 aromatic heterocycles. The Labute approximate surface area is 118 Å². The Kier molecular flexibility index (Phi) is 3.06. The number of imidazole rings is 1. The van der Waals surface area contributed by atoms with Crippen LogP contribution in [-0.2, 0) is 6.54 Å². The van der Waals surface area contributed by atoms with E-state index in [0.717, 1.165) is 34.8 Å². The second-order valence-corrected chi connectivity index (χ2v) is 5.12. The van der Waals surface area contributed by atoms with Crippen molar-refractivity contribution in [2.75, 3.05) is 17.7 Å². The monoisotopic (exact) mass is 266 g/mol. The maximum atomic E-state index is 5.71. The van der Waals surface area contributed by atoms with E-state index in [9.17, 15) is 0 Å². The van der Waals surface area contributed by atoms with E-state index in [2.05, 4.69) is 46.2 Å². The number of hydrogen-bond acceptors (Lipinski definition) is 3. The number of aryl methyl sites for hydroxylation is 1. The maximum absolute atomic E-state index is 5.71. The lowest BCUT2D eigenvalue weighted by Gasteiger charge is -2.19. The van der Waals surface area contributed by atoms with Crippen molar-refractivity contribution in [2.45, 2.75) is 13.5 Å². The number of benzene rings is 2. The van der Waals surface area contributed by atoms with Crippen LogP contribution < -0.4 is 10.6 Å². The second kappa shape index (κ2) is 4.89. The van der Waals surface area contributed by atoms with Crippen LogP contribution in [0.15, 0.2) is 42.5 Å². The molecule has 0 aliphatic carbocycles. The fourth-order valence-electron chi connectivity index (χ4n) is 2.35. The standard InChI is InChI=1S/C16H18N4/c1-11-18-15-8-7-14(9-16(15)19-11)20(2)10-12-3-5-13(17)6-4-12/h3-9H,10,17H2,1-2H3,(H,18,19). The van der Waals surface area contributed by atoms with Gasteiger partial charge in [0.15, 0.2) is 0 Å². The molecule has 0 amide bonds. The van der Waals surface area contributed by atoms with Gasteiger partial charge in [-0.2, -0.15) is 0 Å². The molecule has 0 aliphatic heterocycles. The molecule has 4 nitrogen and oxygen atoms in total.